The van der Waals surface area contributed by atoms with Gasteiger partial charge in [-0.25, -0.2) is 0 Å². The van der Waals surface area contributed by atoms with Crippen LogP contribution in [0.15, 0.2) is 127 Å². The van der Waals surface area contributed by atoms with Gasteiger partial charge in [0.2, 0.25) is 0 Å². The van der Waals surface area contributed by atoms with Crippen molar-refractivity contribution in [3.8, 4) is 33.4 Å². The van der Waals surface area contributed by atoms with Gasteiger partial charge in [0.25, 0.3) is 0 Å². The Labute approximate surface area is 431 Å². The summed E-state index contributed by atoms with van der Waals surface area (Å²) in [5.74, 6) is 0.487. The Morgan fingerprint density at radius 3 is 1.28 bits per heavy atom. The molecular formula is C56H45Cl2F12SiZr-3. The fourth-order valence-electron chi connectivity index (χ4n) is 8.56. The van der Waals surface area contributed by atoms with Crippen LogP contribution in [0.25, 0.3) is 54.9 Å². The molecule has 1 aliphatic rings. The van der Waals surface area contributed by atoms with E-state index in [1.165, 1.54) is 21.5 Å². The normalized spacial score (nSPS) is 13.2. The Balaban J connectivity index is 0.000000181. The summed E-state index contributed by atoms with van der Waals surface area (Å²) in [5.41, 5.74) is 1.51. The van der Waals surface area contributed by atoms with Crippen molar-refractivity contribution < 1.29 is 73.5 Å². The van der Waals surface area contributed by atoms with Gasteiger partial charge in [0, 0.05) is 0 Å². The second-order valence-electron chi connectivity index (χ2n) is 17.5. The predicted molar refractivity (Wildman–Crippen MR) is 264 cm³/mol. The third-order valence-electron chi connectivity index (χ3n) is 12.7. The largest absolute Gasteiger partial charge is 0.184 e. The van der Waals surface area contributed by atoms with Gasteiger partial charge in [-0.05, 0) is 73.2 Å². The SMILES string of the molecule is CCC(C)c1cc2c(-c3cc(C(F)(F)F)cc(C(F)(F)F)c3)c(C)ccc2[cH-]1.CCC(C)c1cc2c(-c3cc(C(F)(F)F)cc(C(F)(F)F)c3)c(C)ccc2[cH-]1.[Cl][Zr][Cl].[c-]1cccc2c1[Si]c1ccccc1-2. The van der Waals surface area contributed by atoms with Crippen LogP contribution in [0.4, 0.5) is 52.7 Å². The Kier molecular flexibility index (Phi) is 18.0. The second-order valence-corrected chi connectivity index (χ2v) is 22.5. The van der Waals surface area contributed by atoms with Gasteiger partial charge in [0.05, 0.1) is 31.8 Å². The molecule has 0 spiro atoms. The molecule has 0 saturated carbocycles. The van der Waals surface area contributed by atoms with E-state index >= 15 is 0 Å². The number of aryl methyl sites for hydroxylation is 2. The van der Waals surface area contributed by atoms with Crippen molar-refractivity contribution in [2.45, 2.75) is 90.9 Å². The van der Waals surface area contributed by atoms with Crippen LogP contribution in [-0.2, 0) is 45.6 Å². The Morgan fingerprint density at radius 1 is 0.528 bits per heavy atom. The first-order chi connectivity index (χ1) is 33.7. The third-order valence-corrected chi connectivity index (χ3v) is 14.1. The van der Waals surface area contributed by atoms with Gasteiger partial charge in [0.15, 0.2) is 0 Å². The van der Waals surface area contributed by atoms with Gasteiger partial charge < -0.3 is 0 Å². The summed E-state index contributed by atoms with van der Waals surface area (Å²) in [6.07, 6.45) is -17.7. The van der Waals surface area contributed by atoms with Crippen LogP contribution in [0.1, 0.15) is 96.9 Å². The van der Waals surface area contributed by atoms with Crippen molar-refractivity contribution in [1.29, 1.82) is 0 Å². The van der Waals surface area contributed by atoms with Crippen LogP contribution in [0.2, 0.25) is 0 Å². The molecule has 9 rings (SSSR count). The molecule has 1 aliphatic heterocycles. The molecule has 0 N–H and O–H groups in total. The van der Waals surface area contributed by atoms with Gasteiger partial charge in [0.1, 0.15) is 0 Å². The monoisotopic (exact) mass is 1130 g/mol. The number of hydrogen-bond acceptors (Lipinski definition) is 0. The molecule has 72 heavy (non-hydrogen) atoms. The molecule has 2 radical (unpaired) electrons. The molecule has 8 aromatic carbocycles. The molecular weight excluding hydrogens is 1090 g/mol. The van der Waals surface area contributed by atoms with E-state index in [9.17, 15) is 52.7 Å². The van der Waals surface area contributed by atoms with Crippen molar-refractivity contribution in [3.63, 3.8) is 0 Å². The second kappa shape index (κ2) is 22.9. The molecule has 0 amide bonds. The number of benzene rings is 6. The van der Waals surface area contributed by atoms with Crippen LogP contribution in [0.3, 0.4) is 0 Å². The average Bonchev–Trinajstić information content (AvgIpc) is 4.06. The zero-order valence-corrected chi connectivity index (χ0v) is 44.5. The molecule has 378 valence electrons. The minimum Gasteiger partial charge on any atom is -0.184 e. The van der Waals surface area contributed by atoms with Gasteiger partial charge >= 0.3 is 62.6 Å². The average molecular weight is 1140 g/mol. The first-order valence-corrected chi connectivity index (χ1v) is 29.9. The molecule has 0 aromatic heterocycles. The number of alkyl halides is 12. The zero-order chi connectivity index (χ0) is 53.1. The smallest absolute Gasteiger partial charge is 0.0920 e. The molecule has 0 nitrogen and oxygen atoms in total. The van der Waals surface area contributed by atoms with Crippen LogP contribution in [-0.4, -0.2) is 9.52 Å². The van der Waals surface area contributed by atoms with Gasteiger partial charge in [-0.15, -0.1) is 74.6 Å². The van der Waals surface area contributed by atoms with Crippen molar-refractivity contribution in [2.75, 3.05) is 0 Å². The third kappa shape index (κ3) is 13.2. The molecule has 0 aliphatic carbocycles. The summed E-state index contributed by atoms with van der Waals surface area (Å²) >= 11 is -0.826. The Bertz CT molecular complexity index is 2880. The Morgan fingerprint density at radius 2 is 0.903 bits per heavy atom. The quantitative estimate of drug-likeness (QED) is 0.0884. The molecule has 0 fully saturated rings. The van der Waals surface area contributed by atoms with Crippen LogP contribution in [0, 0.1) is 19.9 Å². The maximum atomic E-state index is 13.3. The summed E-state index contributed by atoms with van der Waals surface area (Å²) in [7, 11) is 10.7. The molecule has 0 saturated heterocycles. The van der Waals surface area contributed by atoms with E-state index in [0.717, 1.165) is 68.5 Å². The maximum Gasteiger partial charge on any atom is 0.0920 e. The summed E-state index contributed by atoms with van der Waals surface area (Å²) in [5, 5.41) is 5.78. The zero-order valence-electron chi connectivity index (χ0n) is 39.5. The van der Waals surface area contributed by atoms with Gasteiger partial charge in [-0.3, -0.25) is 0 Å². The number of halogens is 14. The van der Waals surface area contributed by atoms with E-state index in [4.69, 9.17) is 17.0 Å². The first-order valence-electron chi connectivity index (χ1n) is 22.5. The molecule has 0 bridgehead atoms. The standard InChI is InChI=1S/2C22H19F6.C12H7Si.2ClH.Zr/c2*1-4-12(2)15-7-14-6-5-13(3)20(19(14)10-15)16-8-17(21(23,24)25)11-18(9-16)22(26,27)28;1-3-7-11-9(5-1)10-6-2-4-8-12(10)13-11;;;/h2*5-12H,4H2,1-3H3;1-7H;2*1H;/q3*-1;;;+2/p-2. The molecule has 8 aromatic rings. The van der Waals surface area contributed by atoms with Crippen molar-refractivity contribution in [3.05, 3.63) is 178 Å². The molecule has 2 atom stereocenters. The Hall–Kier alpha value is -4.62. The molecule has 2 unspecified atom stereocenters. The fraction of sp³-hybridized carbons (Fsp3) is 0.250. The van der Waals surface area contributed by atoms with Crippen molar-refractivity contribution >= 4 is 58.5 Å². The number of fused-ring (bicyclic) bond motifs is 5. The van der Waals surface area contributed by atoms with E-state index in [1.807, 2.05) is 70.2 Å². The summed E-state index contributed by atoms with van der Waals surface area (Å²) < 4.78 is 159. The van der Waals surface area contributed by atoms with Crippen molar-refractivity contribution in [1.82, 2.24) is 0 Å². The van der Waals surface area contributed by atoms with E-state index < -0.39 is 67.8 Å². The summed E-state index contributed by atoms with van der Waals surface area (Å²) in [6.45, 7) is 11.5. The van der Waals surface area contributed by atoms with Crippen LogP contribution in [0.5, 0.6) is 0 Å². The van der Waals surface area contributed by atoms with Crippen LogP contribution >= 0.6 is 17.0 Å². The molecule has 1 heterocycles. The predicted octanol–water partition coefficient (Wildman–Crippen LogP) is 18.7. The van der Waals surface area contributed by atoms with E-state index in [1.54, 1.807) is 26.0 Å². The number of hydrogen-bond donors (Lipinski definition) is 0. The van der Waals surface area contributed by atoms with E-state index in [2.05, 4.69) is 42.5 Å². The minimum absolute atomic E-state index is 0.0773. The number of rotatable bonds is 6. The summed E-state index contributed by atoms with van der Waals surface area (Å²) in [6, 6.07) is 36.5. The van der Waals surface area contributed by atoms with E-state index in [-0.39, 0.29) is 35.1 Å². The first kappa shape index (κ1) is 56.7. The topological polar surface area (TPSA) is 0 Å². The summed E-state index contributed by atoms with van der Waals surface area (Å²) in [4.78, 5) is 0. The van der Waals surface area contributed by atoms with Gasteiger partial charge in [-0.1, -0.05) is 97.8 Å². The van der Waals surface area contributed by atoms with Crippen molar-refractivity contribution in [2.24, 2.45) is 0 Å². The minimum atomic E-state index is -4.87. The van der Waals surface area contributed by atoms with Crippen LogP contribution < -0.4 is 10.4 Å². The van der Waals surface area contributed by atoms with Gasteiger partial charge in [-0.2, -0.15) is 94.3 Å². The van der Waals surface area contributed by atoms with E-state index in [0.29, 0.717) is 33.0 Å². The maximum absolute atomic E-state index is 13.3. The molecule has 16 heteroatoms. The fourth-order valence-corrected chi connectivity index (χ4v) is 9.87.